The fraction of sp³-hybridized carbons (Fsp3) is 0.438. The monoisotopic (exact) mass is 243 g/mol. The summed E-state index contributed by atoms with van der Waals surface area (Å²) in [6, 6.07) is 10.2. The molecule has 0 atom stereocenters. The fourth-order valence-corrected chi connectivity index (χ4v) is 2.39. The average Bonchev–Trinajstić information content (AvgIpc) is 2.38. The van der Waals surface area contributed by atoms with Gasteiger partial charge in [0.05, 0.1) is 0 Å². The lowest BCUT2D eigenvalue weighted by atomic mass is 9.77. The Morgan fingerprint density at radius 3 is 2.56 bits per heavy atom. The highest BCUT2D eigenvalue weighted by Crippen LogP contribution is 2.36. The van der Waals surface area contributed by atoms with E-state index in [2.05, 4.69) is 30.9 Å². The smallest absolute Gasteiger partial charge is 0.160 e. The van der Waals surface area contributed by atoms with E-state index >= 15 is 0 Å². The van der Waals surface area contributed by atoms with E-state index in [1.54, 1.807) is 0 Å². The molecule has 0 amide bonds. The van der Waals surface area contributed by atoms with Crippen molar-refractivity contribution in [2.24, 2.45) is 5.41 Å². The van der Waals surface area contributed by atoms with Crippen LogP contribution in [0.2, 0.25) is 0 Å². The molecule has 1 aromatic carbocycles. The molecule has 96 valence electrons. The van der Waals surface area contributed by atoms with E-state index < -0.39 is 0 Å². The van der Waals surface area contributed by atoms with Gasteiger partial charge in [0.2, 0.25) is 0 Å². The van der Waals surface area contributed by atoms with Crippen molar-refractivity contribution in [3.8, 4) is 0 Å². The number of benzene rings is 1. The highest BCUT2D eigenvalue weighted by atomic mass is 16.1. The zero-order valence-electron chi connectivity index (χ0n) is 11.4. The molecule has 0 bridgehead atoms. The van der Waals surface area contributed by atoms with Gasteiger partial charge < -0.3 is 4.90 Å². The van der Waals surface area contributed by atoms with Crippen LogP contribution in [0.5, 0.6) is 0 Å². The molecule has 0 spiro atoms. The highest BCUT2D eigenvalue weighted by Gasteiger charge is 2.32. The van der Waals surface area contributed by atoms with Gasteiger partial charge in [-0.05, 0) is 24.0 Å². The molecule has 0 saturated heterocycles. The van der Waals surface area contributed by atoms with Crippen LogP contribution in [0.1, 0.15) is 33.6 Å². The molecule has 0 N–H and O–H groups in total. The number of Topliss-reactive ketones (excluding diaryl/α,β-unsaturated/α-hetero) is 1. The van der Waals surface area contributed by atoms with Gasteiger partial charge in [0.15, 0.2) is 5.78 Å². The van der Waals surface area contributed by atoms with Crippen LogP contribution in [0.15, 0.2) is 42.1 Å². The number of carbonyl (C=O) groups is 1. The number of hydrogen-bond donors (Lipinski definition) is 0. The molecule has 1 heterocycles. The molecule has 1 aliphatic rings. The lowest BCUT2D eigenvalue weighted by Crippen LogP contribution is -2.34. The van der Waals surface area contributed by atoms with Crippen LogP contribution in [0.4, 0.5) is 5.69 Å². The van der Waals surface area contributed by atoms with E-state index in [-0.39, 0.29) is 11.2 Å². The second-order valence-electron chi connectivity index (χ2n) is 5.48. The summed E-state index contributed by atoms with van der Waals surface area (Å²) in [5, 5.41) is 0. The van der Waals surface area contributed by atoms with Gasteiger partial charge in [-0.2, -0.15) is 0 Å². The number of rotatable bonds is 3. The van der Waals surface area contributed by atoms with E-state index in [1.807, 2.05) is 31.3 Å². The van der Waals surface area contributed by atoms with Crippen molar-refractivity contribution >= 4 is 11.5 Å². The van der Waals surface area contributed by atoms with Crippen molar-refractivity contribution in [1.82, 2.24) is 0 Å². The molecule has 0 unspecified atom stereocenters. The van der Waals surface area contributed by atoms with Gasteiger partial charge in [-0.15, -0.1) is 0 Å². The summed E-state index contributed by atoms with van der Waals surface area (Å²) in [6.07, 6.45) is 3.64. The van der Waals surface area contributed by atoms with Crippen molar-refractivity contribution in [1.29, 1.82) is 0 Å². The third-order valence-corrected chi connectivity index (χ3v) is 3.70. The highest BCUT2D eigenvalue weighted by molar-refractivity contribution is 5.97. The van der Waals surface area contributed by atoms with Gasteiger partial charge in [0.25, 0.3) is 0 Å². The first kappa shape index (κ1) is 12.9. The minimum absolute atomic E-state index is 0.00161. The van der Waals surface area contributed by atoms with Gasteiger partial charge in [0, 0.05) is 30.4 Å². The second kappa shape index (κ2) is 4.97. The maximum atomic E-state index is 12.1. The number of nitrogens with zero attached hydrogens (tertiary/aromatic N) is 1. The lowest BCUT2D eigenvalue weighted by molar-refractivity contribution is -0.116. The molecule has 18 heavy (non-hydrogen) atoms. The zero-order chi connectivity index (χ0) is 13.2. The molecule has 1 aromatic rings. The topological polar surface area (TPSA) is 20.3 Å². The van der Waals surface area contributed by atoms with Crippen LogP contribution in [-0.2, 0) is 4.79 Å². The Morgan fingerprint density at radius 2 is 1.94 bits per heavy atom. The van der Waals surface area contributed by atoms with Crippen molar-refractivity contribution in [3.05, 3.63) is 42.1 Å². The maximum absolute atomic E-state index is 12.1. The van der Waals surface area contributed by atoms with Crippen molar-refractivity contribution in [2.45, 2.75) is 33.6 Å². The molecule has 0 aliphatic carbocycles. The molecular formula is C16H21NO. The van der Waals surface area contributed by atoms with E-state index in [4.69, 9.17) is 0 Å². The Kier molecular flexibility index (Phi) is 3.55. The Hall–Kier alpha value is -1.57. The third-order valence-electron chi connectivity index (χ3n) is 3.70. The molecule has 2 rings (SSSR count). The van der Waals surface area contributed by atoms with Crippen LogP contribution in [-0.4, -0.2) is 12.3 Å². The predicted molar refractivity (Wildman–Crippen MR) is 75.6 cm³/mol. The first-order valence-corrected chi connectivity index (χ1v) is 6.62. The van der Waals surface area contributed by atoms with E-state index in [0.29, 0.717) is 6.42 Å². The van der Waals surface area contributed by atoms with Gasteiger partial charge in [-0.1, -0.05) is 39.0 Å². The van der Waals surface area contributed by atoms with E-state index in [9.17, 15) is 4.79 Å². The SMILES string of the molecule is CCC(=O)C1=CN(c2ccccc2)CCC1(C)C. The minimum atomic E-state index is -0.00161. The standard InChI is InChI=1S/C16H21NO/c1-4-15(18)14-12-17(11-10-16(14,2)3)13-8-6-5-7-9-13/h5-9,12H,4,10-11H2,1-3H3. The van der Waals surface area contributed by atoms with E-state index in [0.717, 1.165) is 24.2 Å². The summed E-state index contributed by atoms with van der Waals surface area (Å²) < 4.78 is 0. The van der Waals surface area contributed by atoms with Crippen molar-refractivity contribution in [3.63, 3.8) is 0 Å². The molecule has 0 aromatic heterocycles. The lowest BCUT2D eigenvalue weighted by Gasteiger charge is -2.37. The summed E-state index contributed by atoms with van der Waals surface area (Å²) in [5.41, 5.74) is 2.12. The van der Waals surface area contributed by atoms with Crippen LogP contribution >= 0.6 is 0 Å². The number of allylic oxidation sites excluding steroid dienone is 1. The number of carbonyl (C=O) groups excluding carboxylic acids is 1. The Morgan fingerprint density at radius 1 is 1.28 bits per heavy atom. The first-order chi connectivity index (χ1) is 8.54. The van der Waals surface area contributed by atoms with Gasteiger partial charge >= 0.3 is 0 Å². The Balaban J connectivity index is 2.34. The van der Waals surface area contributed by atoms with Gasteiger partial charge in [0.1, 0.15) is 0 Å². The summed E-state index contributed by atoms with van der Waals surface area (Å²) >= 11 is 0. The summed E-state index contributed by atoms with van der Waals surface area (Å²) in [6.45, 7) is 7.22. The van der Waals surface area contributed by atoms with Crippen molar-refractivity contribution < 1.29 is 4.79 Å². The maximum Gasteiger partial charge on any atom is 0.160 e. The number of hydrogen-bond acceptors (Lipinski definition) is 2. The Bertz CT molecular complexity index is 459. The molecule has 1 aliphatic heterocycles. The van der Waals surface area contributed by atoms with E-state index in [1.165, 1.54) is 0 Å². The largest absolute Gasteiger partial charge is 0.348 e. The third kappa shape index (κ3) is 2.47. The minimum Gasteiger partial charge on any atom is -0.348 e. The Labute approximate surface area is 109 Å². The molecule has 2 heteroatoms. The molecular weight excluding hydrogens is 222 g/mol. The number of ketones is 1. The van der Waals surface area contributed by atoms with Crippen molar-refractivity contribution in [2.75, 3.05) is 11.4 Å². The molecule has 2 nitrogen and oxygen atoms in total. The fourth-order valence-electron chi connectivity index (χ4n) is 2.39. The predicted octanol–water partition coefficient (Wildman–Crippen LogP) is 3.79. The van der Waals surface area contributed by atoms with Crippen LogP contribution in [0.25, 0.3) is 0 Å². The summed E-state index contributed by atoms with van der Waals surface area (Å²) in [4.78, 5) is 14.3. The quantitative estimate of drug-likeness (QED) is 0.805. The molecule has 0 radical (unpaired) electrons. The molecule has 0 saturated carbocycles. The summed E-state index contributed by atoms with van der Waals surface area (Å²) in [5.74, 6) is 0.264. The summed E-state index contributed by atoms with van der Waals surface area (Å²) in [7, 11) is 0. The van der Waals surface area contributed by atoms with Crippen LogP contribution in [0.3, 0.4) is 0 Å². The molecule has 0 fully saturated rings. The second-order valence-corrected chi connectivity index (χ2v) is 5.48. The normalized spacial score (nSPS) is 18.4. The van der Waals surface area contributed by atoms with Crippen LogP contribution < -0.4 is 4.90 Å². The number of anilines is 1. The first-order valence-electron chi connectivity index (χ1n) is 6.62. The van der Waals surface area contributed by atoms with Gasteiger partial charge in [-0.25, -0.2) is 0 Å². The average molecular weight is 243 g/mol. The zero-order valence-corrected chi connectivity index (χ0v) is 11.4. The van der Waals surface area contributed by atoms with Crippen LogP contribution in [0, 0.1) is 5.41 Å². The van der Waals surface area contributed by atoms with Gasteiger partial charge in [-0.3, -0.25) is 4.79 Å². The number of para-hydroxylation sites is 1.